The van der Waals surface area contributed by atoms with Crippen molar-refractivity contribution >= 4 is 23.7 Å². The highest BCUT2D eigenvalue weighted by atomic mass is 16.7. The molecule has 130 valence electrons. The zero-order valence-electron chi connectivity index (χ0n) is 13.2. The van der Waals surface area contributed by atoms with Crippen LogP contribution in [0.15, 0.2) is 30.3 Å². The molecule has 0 bridgehead atoms. The highest BCUT2D eigenvalue weighted by Gasteiger charge is 2.22. The van der Waals surface area contributed by atoms with Crippen molar-refractivity contribution in [2.45, 2.75) is 19.4 Å². The van der Waals surface area contributed by atoms with Gasteiger partial charge in [0.25, 0.3) is 5.91 Å². The van der Waals surface area contributed by atoms with Gasteiger partial charge in [0.05, 0.1) is 13.1 Å². The highest BCUT2D eigenvalue weighted by Crippen LogP contribution is 2.03. The molecule has 5 N–H and O–H groups in total. The Morgan fingerprint density at radius 2 is 1.79 bits per heavy atom. The molecule has 0 saturated heterocycles. The van der Waals surface area contributed by atoms with Crippen LogP contribution >= 0.6 is 0 Å². The summed E-state index contributed by atoms with van der Waals surface area (Å²) in [5.41, 5.74) is 7.89. The van der Waals surface area contributed by atoms with Crippen LogP contribution in [0.5, 0.6) is 0 Å². The molecule has 9 heteroatoms. The van der Waals surface area contributed by atoms with E-state index in [1.54, 1.807) is 24.3 Å². The lowest BCUT2D eigenvalue weighted by Crippen LogP contribution is -2.51. The summed E-state index contributed by atoms with van der Waals surface area (Å²) in [4.78, 5) is 50.2. The molecule has 0 aromatic heterocycles. The first-order valence-electron chi connectivity index (χ1n) is 7.19. The zero-order valence-corrected chi connectivity index (χ0v) is 13.2. The molecular weight excluding hydrogens is 316 g/mol. The SMILES string of the molecule is CC(=O)ONC(=O)[C@H](Cc1ccccc1)NC(=O)CNC(=O)CN. The number of carbonyl (C=O) groups excluding carboxylic acids is 4. The van der Waals surface area contributed by atoms with Crippen LogP contribution in [0, 0.1) is 0 Å². The molecule has 1 aromatic rings. The molecule has 0 aliphatic heterocycles. The fourth-order valence-corrected chi connectivity index (χ4v) is 1.75. The molecule has 3 amide bonds. The van der Waals surface area contributed by atoms with Gasteiger partial charge in [-0.3, -0.25) is 19.2 Å². The van der Waals surface area contributed by atoms with Crippen LogP contribution in [-0.2, 0) is 30.4 Å². The van der Waals surface area contributed by atoms with Gasteiger partial charge < -0.3 is 21.2 Å². The van der Waals surface area contributed by atoms with E-state index in [1.165, 1.54) is 0 Å². The van der Waals surface area contributed by atoms with Gasteiger partial charge in [-0.05, 0) is 5.56 Å². The Kier molecular flexibility index (Phi) is 7.92. The van der Waals surface area contributed by atoms with E-state index in [1.807, 2.05) is 11.5 Å². The molecule has 0 fully saturated rings. The van der Waals surface area contributed by atoms with Gasteiger partial charge in [-0.15, -0.1) is 0 Å². The number of nitrogens with two attached hydrogens (primary N) is 1. The van der Waals surface area contributed by atoms with E-state index in [9.17, 15) is 19.2 Å². The van der Waals surface area contributed by atoms with Crippen molar-refractivity contribution in [3.63, 3.8) is 0 Å². The average Bonchev–Trinajstić information content (AvgIpc) is 2.57. The largest absolute Gasteiger partial charge is 0.346 e. The Morgan fingerprint density at radius 3 is 2.38 bits per heavy atom. The molecule has 0 aliphatic rings. The molecule has 1 atom stereocenters. The minimum absolute atomic E-state index is 0.185. The van der Waals surface area contributed by atoms with Crippen molar-refractivity contribution in [3.05, 3.63) is 35.9 Å². The third-order valence-electron chi connectivity index (χ3n) is 2.86. The molecule has 0 unspecified atom stereocenters. The molecule has 0 radical (unpaired) electrons. The number of hydrogen-bond donors (Lipinski definition) is 4. The van der Waals surface area contributed by atoms with Crippen LogP contribution in [0.2, 0.25) is 0 Å². The molecule has 9 nitrogen and oxygen atoms in total. The van der Waals surface area contributed by atoms with E-state index in [-0.39, 0.29) is 19.5 Å². The van der Waals surface area contributed by atoms with E-state index in [4.69, 9.17) is 5.73 Å². The van der Waals surface area contributed by atoms with Gasteiger partial charge in [0.2, 0.25) is 11.8 Å². The van der Waals surface area contributed by atoms with E-state index >= 15 is 0 Å². The Labute approximate surface area is 138 Å². The second-order valence-electron chi connectivity index (χ2n) is 4.85. The van der Waals surface area contributed by atoms with Crippen LogP contribution in [-0.4, -0.2) is 42.8 Å². The van der Waals surface area contributed by atoms with E-state index in [2.05, 4.69) is 15.5 Å². The summed E-state index contributed by atoms with van der Waals surface area (Å²) in [6.07, 6.45) is 0.185. The molecule has 0 heterocycles. The minimum Gasteiger partial charge on any atom is -0.346 e. The van der Waals surface area contributed by atoms with E-state index in [0.29, 0.717) is 0 Å². The number of carbonyl (C=O) groups is 4. The third-order valence-corrected chi connectivity index (χ3v) is 2.86. The normalized spacial score (nSPS) is 11.1. The molecule has 1 rings (SSSR count). The lowest BCUT2D eigenvalue weighted by molar-refractivity contribution is -0.157. The Balaban J connectivity index is 2.69. The van der Waals surface area contributed by atoms with Gasteiger partial charge >= 0.3 is 5.97 Å². The summed E-state index contributed by atoms with van der Waals surface area (Å²) in [6.45, 7) is 0.573. The maximum atomic E-state index is 12.1. The molecule has 0 aliphatic carbocycles. The Hall–Kier alpha value is -2.94. The highest BCUT2D eigenvalue weighted by molar-refractivity contribution is 5.90. The maximum absolute atomic E-state index is 12.1. The average molecular weight is 336 g/mol. The van der Waals surface area contributed by atoms with Crippen molar-refractivity contribution in [1.29, 1.82) is 0 Å². The quantitative estimate of drug-likeness (QED) is 0.441. The monoisotopic (exact) mass is 336 g/mol. The standard InChI is InChI=1S/C15H20N4O5/c1-10(20)24-19-15(23)12(7-11-5-3-2-4-6-11)18-14(22)9-17-13(21)8-16/h2-6,12H,7-9,16H2,1H3,(H,17,21)(H,18,22)(H,19,23)/t12-/m0/s1. The number of hydroxylamine groups is 1. The second-order valence-corrected chi connectivity index (χ2v) is 4.85. The summed E-state index contributed by atoms with van der Waals surface area (Å²) in [5, 5.41) is 4.77. The van der Waals surface area contributed by atoms with Gasteiger partial charge in [-0.1, -0.05) is 30.3 Å². The van der Waals surface area contributed by atoms with Gasteiger partial charge in [-0.25, -0.2) is 0 Å². The van der Waals surface area contributed by atoms with Crippen molar-refractivity contribution in [3.8, 4) is 0 Å². The first-order chi connectivity index (χ1) is 11.4. The van der Waals surface area contributed by atoms with Gasteiger partial charge in [0.1, 0.15) is 6.04 Å². The summed E-state index contributed by atoms with van der Waals surface area (Å²) in [5.74, 6) is -2.44. The molecular formula is C15H20N4O5. The molecule has 1 aromatic carbocycles. The van der Waals surface area contributed by atoms with Crippen molar-refractivity contribution < 1.29 is 24.0 Å². The first-order valence-corrected chi connectivity index (χ1v) is 7.19. The predicted molar refractivity (Wildman–Crippen MR) is 84.0 cm³/mol. The lowest BCUT2D eigenvalue weighted by atomic mass is 10.1. The molecule has 0 spiro atoms. The Bertz CT molecular complexity index is 591. The summed E-state index contributed by atoms with van der Waals surface area (Å²) < 4.78 is 0. The summed E-state index contributed by atoms with van der Waals surface area (Å²) in [6, 6.07) is 8.00. The molecule has 24 heavy (non-hydrogen) atoms. The van der Waals surface area contributed by atoms with E-state index < -0.39 is 29.7 Å². The van der Waals surface area contributed by atoms with Gasteiger partial charge in [-0.2, -0.15) is 5.48 Å². The predicted octanol–water partition coefficient (Wildman–Crippen LogP) is -1.62. The fraction of sp³-hybridized carbons (Fsp3) is 0.333. The third kappa shape index (κ3) is 7.36. The van der Waals surface area contributed by atoms with Crippen LogP contribution in [0.3, 0.4) is 0 Å². The van der Waals surface area contributed by atoms with Crippen molar-refractivity contribution in [2.75, 3.05) is 13.1 Å². The summed E-state index contributed by atoms with van der Waals surface area (Å²) >= 11 is 0. The maximum Gasteiger partial charge on any atom is 0.329 e. The number of benzene rings is 1. The minimum atomic E-state index is -0.978. The van der Waals surface area contributed by atoms with Crippen LogP contribution in [0.4, 0.5) is 0 Å². The van der Waals surface area contributed by atoms with Gasteiger partial charge in [0.15, 0.2) is 0 Å². The second kappa shape index (κ2) is 9.95. The van der Waals surface area contributed by atoms with Crippen LogP contribution < -0.4 is 21.8 Å². The van der Waals surface area contributed by atoms with Crippen LogP contribution in [0.1, 0.15) is 12.5 Å². The lowest BCUT2D eigenvalue weighted by Gasteiger charge is -2.18. The number of amides is 3. The Morgan fingerprint density at radius 1 is 1.12 bits per heavy atom. The van der Waals surface area contributed by atoms with E-state index in [0.717, 1.165) is 12.5 Å². The first kappa shape index (κ1) is 19.1. The number of nitrogens with one attached hydrogen (secondary N) is 3. The number of hydrogen-bond acceptors (Lipinski definition) is 6. The summed E-state index contributed by atoms with van der Waals surface area (Å²) in [7, 11) is 0. The van der Waals surface area contributed by atoms with Gasteiger partial charge in [0, 0.05) is 13.3 Å². The molecule has 0 saturated carbocycles. The van der Waals surface area contributed by atoms with Crippen molar-refractivity contribution in [1.82, 2.24) is 16.1 Å². The number of rotatable bonds is 7. The fourth-order valence-electron chi connectivity index (χ4n) is 1.75. The van der Waals surface area contributed by atoms with Crippen LogP contribution in [0.25, 0.3) is 0 Å². The smallest absolute Gasteiger partial charge is 0.329 e. The topological polar surface area (TPSA) is 140 Å². The van der Waals surface area contributed by atoms with Crippen molar-refractivity contribution in [2.24, 2.45) is 5.73 Å². The zero-order chi connectivity index (χ0) is 17.9.